The van der Waals surface area contributed by atoms with Crippen molar-refractivity contribution in [3.63, 3.8) is 0 Å². The van der Waals surface area contributed by atoms with Crippen LogP contribution < -0.4 is 14.8 Å². The number of rotatable bonds is 6. The van der Waals surface area contributed by atoms with Crippen LogP contribution in [0.3, 0.4) is 0 Å². The number of phenols is 1. The van der Waals surface area contributed by atoms with Gasteiger partial charge in [0.2, 0.25) is 5.75 Å². The van der Waals surface area contributed by atoms with Crippen molar-refractivity contribution in [1.82, 2.24) is 20.2 Å². The zero-order valence-electron chi connectivity index (χ0n) is 17.7. The number of ether oxygens (including phenoxy) is 2. The summed E-state index contributed by atoms with van der Waals surface area (Å²) < 4.78 is 10.6. The van der Waals surface area contributed by atoms with E-state index in [-0.39, 0.29) is 11.5 Å². The van der Waals surface area contributed by atoms with Crippen LogP contribution in [0.2, 0.25) is 0 Å². The van der Waals surface area contributed by atoms with Crippen LogP contribution in [0.5, 0.6) is 17.2 Å². The smallest absolute Gasteiger partial charge is 0.203 e. The van der Waals surface area contributed by atoms with Gasteiger partial charge in [0.15, 0.2) is 23.1 Å². The van der Waals surface area contributed by atoms with Crippen molar-refractivity contribution in [2.45, 2.75) is 13.8 Å². The largest absolute Gasteiger partial charge is 0.504 e. The number of aromatic hydroxyl groups is 1. The molecule has 0 saturated heterocycles. The van der Waals surface area contributed by atoms with Crippen LogP contribution >= 0.6 is 0 Å². The van der Waals surface area contributed by atoms with Gasteiger partial charge in [0.25, 0.3) is 0 Å². The normalized spacial score (nSPS) is 10.7. The molecule has 2 heterocycles. The van der Waals surface area contributed by atoms with Crippen LogP contribution in [0.15, 0.2) is 48.5 Å². The van der Waals surface area contributed by atoms with E-state index in [1.54, 1.807) is 18.2 Å². The second kappa shape index (κ2) is 8.35. The maximum atomic E-state index is 10.4. The van der Waals surface area contributed by atoms with E-state index < -0.39 is 0 Å². The molecule has 0 aliphatic carbocycles. The molecule has 4 rings (SSSR count). The van der Waals surface area contributed by atoms with E-state index in [0.29, 0.717) is 34.5 Å². The summed E-state index contributed by atoms with van der Waals surface area (Å²) in [5.74, 6) is 2.40. The third-order valence-electron chi connectivity index (χ3n) is 4.75. The lowest BCUT2D eigenvalue weighted by atomic mass is 10.1. The maximum Gasteiger partial charge on any atom is 0.203 e. The van der Waals surface area contributed by atoms with Crippen LogP contribution in [0.1, 0.15) is 11.3 Å². The molecule has 0 aliphatic heterocycles. The molecule has 0 radical (unpaired) electrons. The van der Waals surface area contributed by atoms with Gasteiger partial charge in [0.1, 0.15) is 5.82 Å². The number of aromatic nitrogens is 4. The summed E-state index contributed by atoms with van der Waals surface area (Å²) >= 11 is 0. The fourth-order valence-corrected chi connectivity index (χ4v) is 3.20. The molecule has 0 spiro atoms. The van der Waals surface area contributed by atoms with Gasteiger partial charge in [0.05, 0.1) is 19.9 Å². The first-order chi connectivity index (χ1) is 15.0. The predicted molar refractivity (Wildman–Crippen MR) is 119 cm³/mol. The minimum atomic E-state index is -0.0372. The van der Waals surface area contributed by atoms with E-state index in [0.717, 1.165) is 16.8 Å². The number of methoxy groups -OCH3 is 2. The molecule has 158 valence electrons. The van der Waals surface area contributed by atoms with Gasteiger partial charge < -0.3 is 19.9 Å². The molecular weight excluding hydrogens is 394 g/mol. The van der Waals surface area contributed by atoms with E-state index in [1.807, 2.05) is 44.2 Å². The number of aryl methyl sites for hydroxylation is 2. The van der Waals surface area contributed by atoms with Crippen molar-refractivity contribution in [3.05, 3.63) is 59.8 Å². The van der Waals surface area contributed by atoms with Gasteiger partial charge in [-0.15, -0.1) is 0 Å². The van der Waals surface area contributed by atoms with Crippen LogP contribution in [0.4, 0.5) is 11.6 Å². The Hall–Kier alpha value is -4.07. The zero-order valence-corrected chi connectivity index (χ0v) is 17.7. The van der Waals surface area contributed by atoms with E-state index in [9.17, 15) is 5.11 Å². The molecule has 0 aliphatic rings. The number of nitrogens with zero attached hydrogens (tertiary/aromatic N) is 3. The molecular formula is C23H23N5O3. The minimum Gasteiger partial charge on any atom is -0.504 e. The number of hydrogen-bond donors (Lipinski definition) is 3. The topological polar surface area (TPSA) is 105 Å². The lowest BCUT2D eigenvalue weighted by molar-refractivity contribution is 0.333. The summed E-state index contributed by atoms with van der Waals surface area (Å²) in [6, 6.07) is 15.0. The highest BCUT2D eigenvalue weighted by Gasteiger charge is 2.16. The molecule has 3 N–H and O–H groups in total. The van der Waals surface area contributed by atoms with Crippen LogP contribution in [-0.4, -0.2) is 39.5 Å². The quantitative estimate of drug-likeness (QED) is 0.420. The Morgan fingerprint density at radius 3 is 2.29 bits per heavy atom. The van der Waals surface area contributed by atoms with Gasteiger partial charge in [-0.1, -0.05) is 29.8 Å². The van der Waals surface area contributed by atoms with Gasteiger partial charge in [-0.05, 0) is 26.0 Å². The standard InChI is InChI=1S/C23H23N5O3/c1-13-5-7-15(8-6-13)23-24-17(12-20(26-23)25-21-9-14(2)27-28-21)16-10-18(29)22(31-4)19(11-16)30-3/h5-12,29H,1-4H3,(H2,24,25,26,27,28). The fraction of sp³-hybridized carbons (Fsp3) is 0.174. The molecule has 0 atom stereocenters. The second-order valence-electron chi connectivity index (χ2n) is 7.12. The summed E-state index contributed by atoms with van der Waals surface area (Å²) in [7, 11) is 3.00. The number of H-pyrrole nitrogens is 1. The van der Waals surface area contributed by atoms with Gasteiger partial charge in [0, 0.05) is 29.0 Å². The highest BCUT2D eigenvalue weighted by Crippen LogP contribution is 2.40. The van der Waals surface area contributed by atoms with E-state index in [1.165, 1.54) is 14.2 Å². The van der Waals surface area contributed by atoms with E-state index >= 15 is 0 Å². The van der Waals surface area contributed by atoms with Gasteiger partial charge >= 0.3 is 0 Å². The van der Waals surface area contributed by atoms with Crippen molar-refractivity contribution in [2.24, 2.45) is 0 Å². The van der Waals surface area contributed by atoms with Crippen LogP contribution in [-0.2, 0) is 0 Å². The number of phenolic OH excluding ortho intramolecular Hbond substituents is 1. The Morgan fingerprint density at radius 1 is 0.871 bits per heavy atom. The molecule has 2 aromatic heterocycles. The summed E-state index contributed by atoms with van der Waals surface area (Å²) in [5, 5.41) is 20.7. The number of aromatic amines is 1. The van der Waals surface area contributed by atoms with E-state index in [4.69, 9.17) is 14.5 Å². The Labute approximate surface area is 179 Å². The molecule has 0 amide bonds. The lowest BCUT2D eigenvalue weighted by Gasteiger charge is -2.13. The molecule has 0 saturated carbocycles. The van der Waals surface area contributed by atoms with Crippen LogP contribution in [0.25, 0.3) is 22.6 Å². The van der Waals surface area contributed by atoms with Crippen LogP contribution in [0, 0.1) is 13.8 Å². The van der Waals surface area contributed by atoms with Gasteiger partial charge in [-0.2, -0.15) is 5.10 Å². The minimum absolute atomic E-state index is 0.0372. The summed E-state index contributed by atoms with van der Waals surface area (Å²) in [4.78, 5) is 9.40. The Kier molecular flexibility index (Phi) is 5.44. The first kappa shape index (κ1) is 20.2. The fourth-order valence-electron chi connectivity index (χ4n) is 3.20. The Bertz CT molecular complexity index is 1220. The molecule has 2 aromatic carbocycles. The lowest BCUT2D eigenvalue weighted by Crippen LogP contribution is -2.00. The third-order valence-corrected chi connectivity index (χ3v) is 4.75. The summed E-state index contributed by atoms with van der Waals surface area (Å²) in [5.41, 5.74) is 4.22. The highest BCUT2D eigenvalue weighted by molar-refractivity contribution is 5.73. The number of hydrogen-bond acceptors (Lipinski definition) is 7. The predicted octanol–water partition coefficient (Wildman–Crippen LogP) is 4.62. The number of benzene rings is 2. The zero-order chi connectivity index (χ0) is 22.0. The average molecular weight is 417 g/mol. The summed E-state index contributed by atoms with van der Waals surface area (Å²) in [6.07, 6.45) is 0. The molecule has 8 nitrogen and oxygen atoms in total. The maximum absolute atomic E-state index is 10.4. The van der Waals surface area contributed by atoms with Crippen molar-refractivity contribution in [2.75, 3.05) is 19.5 Å². The first-order valence-electron chi connectivity index (χ1n) is 9.67. The van der Waals surface area contributed by atoms with Gasteiger partial charge in [-0.3, -0.25) is 5.10 Å². The van der Waals surface area contributed by atoms with Crippen molar-refractivity contribution in [1.29, 1.82) is 0 Å². The SMILES string of the molecule is COc1cc(-c2cc(Nc3cc(C)[nH]n3)nc(-c3ccc(C)cc3)n2)cc(O)c1OC. The monoisotopic (exact) mass is 417 g/mol. The number of anilines is 2. The Morgan fingerprint density at radius 2 is 1.65 bits per heavy atom. The second-order valence-corrected chi connectivity index (χ2v) is 7.12. The first-order valence-corrected chi connectivity index (χ1v) is 9.67. The van der Waals surface area contributed by atoms with Crippen molar-refractivity contribution in [3.8, 4) is 39.9 Å². The Balaban J connectivity index is 1.84. The van der Waals surface area contributed by atoms with Crippen molar-refractivity contribution < 1.29 is 14.6 Å². The molecule has 0 bridgehead atoms. The van der Waals surface area contributed by atoms with E-state index in [2.05, 4.69) is 20.5 Å². The molecule has 4 aromatic rings. The highest BCUT2D eigenvalue weighted by atomic mass is 16.5. The molecule has 31 heavy (non-hydrogen) atoms. The molecule has 0 unspecified atom stereocenters. The van der Waals surface area contributed by atoms with Crippen molar-refractivity contribution >= 4 is 11.6 Å². The average Bonchev–Trinajstić information content (AvgIpc) is 3.17. The molecule has 0 fully saturated rings. The summed E-state index contributed by atoms with van der Waals surface area (Å²) in [6.45, 7) is 3.95. The molecule has 8 heteroatoms. The number of nitrogens with one attached hydrogen (secondary N) is 2. The van der Waals surface area contributed by atoms with Gasteiger partial charge in [-0.25, -0.2) is 9.97 Å². The third kappa shape index (κ3) is 4.28.